The highest BCUT2D eigenvalue weighted by Crippen LogP contribution is 2.12. The summed E-state index contributed by atoms with van der Waals surface area (Å²) in [5.41, 5.74) is 2.70. The van der Waals surface area contributed by atoms with Crippen LogP contribution in [-0.4, -0.2) is 25.5 Å². The van der Waals surface area contributed by atoms with Gasteiger partial charge in [-0.05, 0) is 35.5 Å². The highest BCUT2D eigenvalue weighted by atomic mass is 16.7. The summed E-state index contributed by atoms with van der Waals surface area (Å²) in [4.78, 5) is 18.6. The maximum absolute atomic E-state index is 12.2. The molecule has 0 saturated carbocycles. The number of pyridine rings is 1. The van der Waals surface area contributed by atoms with Gasteiger partial charge in [0.25, 0.3) is 0 Å². The fourth-order valence-corrected chi connectivity index (χ4v) is 2.21. The number of fused-ring (bicyclic) bond motifs is 2. The van der Waals surface area contributed by atoms with E-state index in [0.29, 0.717) is 16.6 Å². The van der Waals surface area contributed by atoms with E-state index in [-0.39, 0.29) is 0 Å². The van der Waals surface area contributed by atoms with Crippen molar-refractivity contribution in [2.45, 2.75) is 0 Å². The monoisotopic (exact) mass is 278 g/mol. The zero-order valence-electron chi connectivity index (χ0n) is 10.9. The van der Waals surface area contributed by atoms with Crippen LogP contribution in [0.3, 0.4) is 0 Å². The summed E-state index contributed by atoms with van der Waals surface area (Å²) in [5.74, 6) is -0.477. The first-order chi connectivity index (χ1) is 10.3. The van der Waals surface area contributed by atoms with Gasteiger partial charge in [-0.3, -0.25) is 0 Å². The maximum atomic E-state index is 12.2. The SMILES string of the molecule is O=C(On1nnc2ccccc21)c1cc2ccccn2c1. The molecule has 0 N–H and O–H groups in total. The number of carbonyl (C=O) groups is 1. The molecule has 0 fully saturated rings. The van der Waals surface area contributed by atoms with Gasteiger partial charge in [-0.15, -0.1) is 5.10 Å². The van der Waals surface area contributed by atoms with Crippen molar-refractivity contribution in [1.29, 1.82) is 0 Å². The third-order valence-corrected chi connectivity index (χ3v) is 3.23. The van der Waals surface area contributed by atoms with E-state index in [4.69, 9.17) is 4.84 Å². The van der Waals surface area contributed by atoms with Crippen LogP contribution in [0.2, 0.25) is 0 Å². The molecule has 4 aromatic rings. The van der Waals surface area contributed by atoms with Crippen LogP contribution in [0.25, 0.3) is 16.6 Å². The summed E-state index contributed by atoms with van der Waals surface area (Å²) in [6, 6.07) is 14.8. The standard InChI is InChI=1S/C15H10N4O2/c20-15(11-9-12-5-3-4-8-18(12)10-11)21-19-14-7-2-1-6-13(14)16-17-19/h1-10H. The first-order valence-corrected chi connectivity index (χ1v) is 6.41. The Morgan fingerprint density at radius 3 is 2.86 bits per heavy atom. The second kappa shape index (κ2) is 4.45. The van der Waals surface area contributed by atoms with Crippen molar-refractivity contribution in [1.82, 2.24) is 19.6 Å². The summed E-state index contributed by atoms with van der Waals surface area (Å²) < 4.78 is 1.86. The van der Waals surface area contributed by atoms with E-state index < -0.39 is 5.97 Å². The van der Waals surface area contributed by atoms with Crippen LogP contribution in [0.1, 0.15) is 10.4 Å². The van der Waals surface area contributed by atoms with Crippen LogP contribution in [0.5, 0.6) is 0 Å². The minimum Gasteiger partial charge on any atom is -0.323 e. The first kappa shape index (κ1) is 11.7. The van der Waals surface area contributed by atoms with Crippen molar-refractivity contribution in [3.63, 3.8) is 0 Å². The molecule has 6 nitrogen and oxygen atoms in total. The van der Waals surface area contributed by atoms with Gasteiger partial charge in [-0.25, -0.2) is 4.79 Å². The number of benzene rings is 1. The Balaban J connectivity index is 1.69. The van der Waals surface area contributed by atoms with Gasteiger partial charge in [0.1, 0.15) is 11.0 Å². The number of para-hydroxylation sites is 1. The summed E-state index contributed by atoms with van der Waals surface area (Å²) in [6.45, 7) is 0. The predicted octanol–water partition coefficient (Wildman–Crippen LogP) is 1.95. The van der Waals surface area contributed by atoms with Gasteiger partial charge in [-0.1, -0.05) is 23.0 Å². The first-order valence-electron chi connectivity index (χ1n) is 6.41. The molecule has 1 aromatic carbocycles. The largest absolute Gasteiger partial charge is 0.367 e. The molecule has 0 unspecified atom stereocenters. The van der Waals surface area contributed by atoms with Crippen molar-refractivity contribution >= 4 is 22.5 Å². The van der Waals surface area contributed by atoms with E-state index in [1.54, 1.807) is 24.4 Å². The second-order valence-electron chi connectivity index (χ2n) is 4.59. The van der Waals surface area contributed by atoms with Gasteiger partial charge in [-0.2, -0.15) is 0 Å². The normalized spacial score (nSPS) is 11.0. The lowest BCUT2D eigenvalue weighted by Gasteiger charge is -2.00. The van der Waals surface area contributed by atoms with Crippen LogP contribution in [0.15, 0.2) is 60.9 Å². The zero-order chi connectivity index (χ0) is 14.2. The lowest BCUT2D eigenvalue weighted by molar-refractivity contribution is 0.0409. The van der Waals surface area contributed by atoms with Gasteiger partial charge in [0.05, 0.1) is 5.56 Å². The average molecular weight is 278 g/mol. The molecule has 0 radical (unpaired) electrons. The second-order valence-corrected chi connectivity index (χ2v) is 4.59. The Morgan fingerprint density at radius 1 is 1.10 bits per heavy atom. The predicted molar refractivity (Wildman–Crippen MR) is 75.8 cm³/mol. The summed E-state index contributed by atoms with van der Waals surface area (Å²) >= 11 is 0. The lowest BCUT2D eigenvalue weighted by atomic mass is 10.3. The molecule has 3 aromatic heterocycles. The molecule has 102 valence electrons. The van der Waals surface area contributed by atoms with Crippen LogP contribution in [0.4, 0.5) is 0 Å². The highest BCUT2D eigenvalue weighted by Gasteiger charge is 2.14. The van der Waals surface area contributed by atoms with Gasteiger partial charge in [0.2, 0.25) is 0 Å². The molecule has 0 saturated heterocycles. The molecule has 21 heavy (non-hydrogen) atoms. The van der Waals surface area contributed by atoms with Crippen molar-refractivity contribution in [3.05, 3.63) is 66.5 Å². The highest BCUT2D eigenvalue weighted by molar-refractivity contribution is 5.91. The molecule has 0 aliphatic heterocycles. The fraction of sp³-hybridized carbons (Fsp3) is 0. The minimum atomic E-state index is -0.477. The Kier molecular flexibility index (Phi) is 2.47. The van der Waals surface area contributed by atoms with Gasteiger partial charge in [0.15, 0.2) is 0 Å². The molecule has 4 rings (SSSR count). The number of hydrogen-bond acceptors (Lipinski definition) is 4. The lowest BCUT2D eigenvalue weighted by Crippen LogP contribution is -2.20. The number of aromatic nitrogens is 4. The van der Waals surface area contributed by atoms with E-state index in [1.807, 2.05) is 40.9 Å². The smallest absolute Gasteiger partial charge is 0.323 e. The van der Waals surface area contributed by atoms with Gasteiger partial charge in [0, 0.05) is 17.9 Å². The molecule has 0 aliphatic carbocycles. The molecule has 3 heterocycles. The van der Waals surface area contributed by atoms with Crippen LogP contribution in [-0.2, 0) is 0 Å². The Morgan fingerprint density at radius 2 is 1.95 bits per heavy atom. The fourth-order valence-electron chi connectivity index (χ4n) is 2.21. The van der Waals surface area contributed by atoms with Crippen LogP contribution in [0, 0.1) is 0 Å². The molecular formula is C15H10N4O2. The third kappa shape index (κ3) is 1.93. The summed E-state index contributed by atoms with van der Waals surface area (Å²) in [7, 11) is 0. The molecule has 6 heteroatoms. The van der Waals surface area contributed by atoms with E-state index in [9.17, 15) is 4.79 Å². The Bertz CT molecular complexity index is 921. The molecule has 0 aliphatic rings. The molecule has 0 amide bonds. The molecule has 0 spiro atoms. The summed E-state index contributed by atoms with van der Waals surface area (Å²) in [5, 5.41) is 7.77. The number of rotatable bonds is 2. The van der Waals surface area contributed by atoms with Gasteiger partial charge >= 0.3 is 5.97 Å². The van der Waals surface area contributed by atoms with E-state index in [2.05, 4.69) is 10.3 Å². The molecule has 0 atom stereocenters. The van der Waals surface area contributed by atoms with Crippen LogP contribution < -0.4 is 4.84 Å². The Labute approximate surface area is 119 Å². The quantitative estimate of drug-likeness (QED) is 0.526. The van der Waals surface area contributed by atoms with Crippen molar-refractivity contribution < 1.29 is 9.63 Å². The average Bonchev–Trinajstić information content (AvgIpc) is 3.11. The third-order valence-electron chi connectivity index (χ3n) is 3.23. The maximum Gasteiger partial charge on any atom is 0.367 e. The minimum absolute atomic E-state index is 0.459. The summed E-state index contributed by atoms with van der Waals surface area (Å²) in [6.07, 6.45) is 3.59. The van der Waals surface area contributed by atoms with Crippen LogP contribution >= 0.6 is 0 Å². The van der Waals surface area contributed by atoms with Gasteiger partial charge < -0.3 is 9.24 Å². The van der Waals surface area contributed by atoms with Crippen molar-refractivity contribution in [3.8, 4) is 0 Å². The van der Waals surface area contributed by atoms with E-state index >= 15 is 0 Å². The number of nitrogens with zero attached hydrogens (tertiary/aromatic N) is 4. The Hall–Kier alpha value is -3.15. The number of carbonyl (C=O) groups excluding carboxylic acids is 1. The molecule has 0 bridgehead atoms. The molecular weight excluding hydrogens is 268 g/mol. The number of hydrogen-bond donors (Lipinski definition) is 0. The topological polar surface area (TPSA) is 61.4 Å². The van der Waals surface area contributed by atoms with E-state index in [0.717, 1.165) is 10.4 Å². The van der Waals surface area contributed by atoms with Crippen molar-refractivity contribution in [2.24, 2.45) is 0 Å². The van der Waals surface area contributed by atoms with E-state index in [1.165, 1.54) is 0 Å². The van der Waals surface area contributed by atoms with Crippen molar-refractivity contribution in [2.75, 3.05) is 0 Å². The zero-order valence-corrected chi connectivity index (χ0v) is 10.9.